The highest BCUT2D eigenvalue weighted by Gasteiger charge is 2.44. The molecule has 2 unspecified atom stereocenters. The van der Waals surface area contributed by atoms with E-state index in [0.29, 0.717) is 0 Å². The van der Waals surface area contributed by atoms with Crippen LogP contribution in [0.1, 0.15) is 22.8 Å². The number of hydrogen-bond donors (Lipinski definition) is 1. The molecule has 1 aliphatic carbocycles. The first-order chi connectivity index (χ1) is 9.13. The summed E-state index contributed by atoms with van der Waals surface area (Å²) >= 11 is 0. The van der Waals surface area contributed by atoms with Gasteiger partial charge in [0.05, 0.1) is 11.0 Å². The minimum atomic E-state index is -4.99. The van der Waals surface area contributed by atoms with Gasteiger partial charge in [-0.2, -0.15) is 13.2 Å². The zero-order chi connectivity index (χ0) is 15.1. The summed E-state index contributed by atoms with van der Waals surface area (Å²) in [5.41, 5.74) is 0.418. The summed E-state index contributed by atoms with van der Waals surface area (Å²) in [5, 5.41) is 7.72. The van der Waals surface area contributed by atoms with Crippen LogP contribution in [0.4, 0.5) is 17.6 Å². The van der Waals surface area contributed by atoms with Gasteiger partial charge in [-0.15, -0.1) is 0 Å². The number of aliphatic hydroxyl groups excluding tert-OH is 1. The highest BCUT2D eigenvalue weighted by molar-refractivity contribution is 7.91. The van der Waals surface area contributed by atoms with Gasteiger partial charge in [0.25, 0.3) is 0 Å². The molecule has 1 aromatic rings. The number of halogens is 4. The first-order valence-electron chi connectivity index (χ1n) is 5.86. The molecule has 0 amide bonds. The van der Waals surface area contributed by atoms with Crippen molar-refractivity contribution in [1.82, 2.24) is 0 Å². The number of benzene rings is 1. The number of hydrogen-bond acceptors (Lipinski definition) is 3. The van der Waals surface area contributed by atoms with Gasteiger partial charge in [0.2, 0.25) is 0 Å². The van der Waals surface area contributed by atoms with Crippen LogP contribution in [0.25, 0.3) is 0 Å². The van der Waals surface area contributed by atoms with E-state index in [1.165, 1.54) is 18.2 Å². The van der Waals surface area contributed by atoms with Crippen LogP contribution in [0.5, 0.6) is 0 Å². The number of rotatable bonds is 3. The van der Waals surface area contributed by atoms with E-state index < -0.39 is 38.9 Å². The van der Waals surface area contributed by atoms with Crippen molar-refractivity contribution in [3.63, 3.8) is 0 Å². The maximum Gasteiger partial charge on any atom is 0.415 e. The van der Waals surface area contributed by atoms with Crippen molar-refractivity contribution in [1.29, 1.82) is 0 Å². The molecule has 0 aliphatic heterocycles. The topological polar surface area (TPSA) is 54.4 Å². The Kier molecular flexibility index (Phi) is 3.81. The third-order valence-electron chi connectivity index (χ3n) is 3.36. The summed E-state index contributed by atoms with van der Waals surface area (Å²) in [6, 6.07) is 3.90. The third-order valence-corrected chi connectivity index (χ3v) is 5.50. The van der Waals surface area contributed by atoms with E-state index in [1.54, 1.807) is 0 Å². The van der Waals surface area contributed by atoms with Crippen molar-refractivity contribution >= 4 is 9.84 Å². The molecule has 0 saturated carbocycles. The van der Waals surface area contributed by atoms with E-state index in [4.69, 9.17) is 5.11 Å². The van der Waals surface area contributed by atoms with E-state index in [0.717, 1.165) is 0 Å². The Morgan fingerprint density at radius 1 is 1.35 bits per heavy atom. The van der Waals surface area contributed by atoms with Gasteiger partial charge < -0.3 is 5.11 Å². The maximum absolute atomic E-state index is 13.5. The van der Waals surface area contributed by atoms with Gasteiger partial charge in [-0.3, -0.25) is 0 Å². The predicted molar refractivity (Wildman–Crippen MR) is 63.3 cm³/mol. The monoisotopic (exact) mass is 312 g/mol. The van der Waals surface area contributed by atoms with Gasteiger partial charge in [-0.05, 0) is 30.0 Å². The summed E-state index contributed by atoms with van der Waals surface area (Å²) in [6.45, 7) is 0. The lowest BCUT2D eigenvalue weighted by molar-refractivity contribution is -0.196. The van der Waals surface area contributed by atoms with Crippen LogP contribution in [0.3, 0.4) is 0 Å². The molecule has 1 aromatic carbocycles. The lowest BCUT2D eigenvalue weighted by atomic mass is 10.1. The number of aliphatic hydroxyl groups is 1. The van der Waals surface area contributed by atoms with Crippen LogP contribution in [-0.2, 0) is 16.3 Å². The fourth-order valence-electron chi connectivity index (χ4n) is 2.38. The van der Waals surface area contributed by atoms with Crippen molar-refractivity contribution in [2.24, 2.45) is 0 Å². The number of fused-ring (bicyclic) bond motifs is 1. The molecule has 0 bridgehead atoms. The quantitative estimate of drug-likeness (QED) is 0.870. The lowest BCUT2D eigenvalue weighted by Gasteiger charge is -2.18. The summed E-state index contributed by atoms with van der Waals surface area (Å²) in [7, 11) is -4.21. The van der Waals surface area contributed by atoms with Crippen LogP contribution >= 0.6 is 0 Å². The van der Waals surface area contributed by atoms with Crippen LogP contribution in [0, 0.1) is 5.82 Å². The van der Waals surface area contributed by atoms with Crippen LogP contribution in [-0.4, -0.2) is 31.6 Å². The zero-order valence-electron chi connectivity index (χ0n) is 10.2. The minimum absolute atomic E-state index is 0.0309. The van der Waals surface area contributed by atoms with Crippen molar-refractivity contribution < 1.29 is 31.1 Å². The van der Waals surface area contributed by atoms with Crippen molar-refractivity contribution in [3.8, 4) is 0 Å². The highest BCUT2D eigenvalue weighted by atomic mass is 32.2. The molecule has 1 aliphatic rings. The molecule has 0 radical (unpaired) electrons. The Hall–Kier alpha value is -1.15. The SMILES string of the molecule is O=S(=O)(CC(O)C(F)(F)F)C1CCc2c(F)cccc21. The summed E-state index contributed by atoms with van der Waals surface area (Å²) in [5.74, 6) is -1.96. The van der Waals surface area contributed by atoms with Gasteiger partial charge in [-0.1, -0.05) is 12.1 Å². The second-order valence-corrected chi connectivity index (χ2v) is 6.95. The molecule has 3 nitrogen and oxygen atoms in total. The van der Waals surface area contributed by atoms with E-state index in [9.17, 15) is 26.0 Å². The van der Waals surface area contributed by atoms with Gasteiger partial charge in [-0.25, -0.2) is 12.8 Å². The third kappa shape index (κ3) is 2.80. The summed E-state index contributed by atoms with van der Waals surface area (Å²) in [6.07, 6.45) is -7.72. The van der Waals surface area contributed by atoms with Gasteiger partial charge in [0, 0.05) is 0 Å². The normalized spacial score (nSPS) is 20.8. The molecule has 20 heavy (non-hydrogen) atoms. The Morgan fingerprint density at radius 3 is 2.60 bits per heavy atom. The second-order valence-electron chi connectivity index (χ2n) is 4.72. The average Bonchev–Trinajstić information content (AvgIpc) is 2.73. The molecule has 1 N–H and O–H groups in total. The second kappa shape index (κ2) is 5.00. The average molecular weight is 312 g/mol. The summed E-state index contributed by atoms with van der Waals surface area (Å²) in [4.78, 5) is 0. The van der Waals surface area contributed by atoms with Crippen LogP contribution in [0.2, 0.25) is 0 Å². The minimum Gasteiger partial charge on any atom is -0.383 e. The summed E-state index contributed by atoms with van der Waals surface area (Å²) < 4.78 is 74.2. The molecule has 112 valence electrons. The molecule has 2 rings (SSSR count). The van der Waals surface area contributed by atoms with Crippen molar-refractivity contribution in [3.05, 3.63) is 35.1 Å². The Balaban J connectivity index is 2.28. The first-order valence-corrected chi connectivity index (χ1v) is 7.58. The zero-order valence-corrected chi connectivity index (χ0v) is 11.0. The fraction of sp³-hybridized carbons (Fsp3) is 0.500. The molecule has 0 aromatic heterocycles. The smallest absolute Gasteiger partial charge is 0.383 e. The van der Waals surface area contributed by atoms with Crippen LogP contribution < -0.4 is 0 Å². The highest BCUT2D eigenvalue weighted by Crippen LogP contribution is 2.39. The Labute approximate surface area is 113 Å². The molecular weight excluding hydrogens is 300 g/mol. The van der Waals surface area contributed by atoms with Gasteiger partial charge >= 0.3 is 6.18 Å². The fourth-order valence-corrected chi connectivity index (χ4v) is 4.32. The van der Waals surface area contributed by atoms with Gasteiger partial charge in [0.1, 0.15) is 5.82 Å². The Morgan fingerprint density at radius 2 is 2.00 bits per heavy atom. The molecular formula is C12H12F4O3S. The van der Waals surface area contributed by atoms with E-state index in [1.807, 2.05) is 0 Å². The maximum atomic E-state index is 13.5. The van der Waals surface area contributed by atoms with E-state index in [2.05, 4.69) is 0 Å². The molecule has 0 saturated heterocycles. The molecule has 0 fully saturated rings. The molecule has 8 heteroatoms. The lowest BCUT2D eigenvalue weighted by Crippen LogP contribution is -2.36. The predicted octanol–water partition coefficient (Wildman–Crippen LogP) is 2.15. The van der Waals surface area contributed by atoms with Gasteiger partial charge in [0.15, 0.2) is 15.9 Å². The van der Waals surface area contributed by atoms with Crippen LogP contribution in [0.15, 0.2) is 18.2 Å². The van der Waals surface area contributed by atoms with E-state index in [-0.39, 0.29) is 24.0 Å². The standard InChI is InChI=1S/C12H12F4O3S/c13-9-3-1-2-8-7(9)4-5-10(8)20(18,19)6-11(17)12(14,15)16/h1-3,10-11,17H,4-6H2. The van der Waals surface area contributed by atoms with Crippen molar-refractivity contribution in [2.45, 2.75) is 30.4 Å². The Bertz CT molecular complexity index is 610. The number of alkyl halides is 3. The van der Waals surface area contributed by atoms with Crippen molar-refractivity contribution in [2.75, 3.05) is 5.75 Å². The largest absolute Gasteiger partial charge is 0.415 e. The molecule has 2 atom stereocenters. The first kappa shape index (κ1) is 15.2. The van der Waals surface area contributed by atoms with E-state index >= 15 is 0 Å². The number of sulfone groups is 1. The molecule has 0 heterocycles. The molecule has 0 spiro atoms.